The molecule has 0 atom stereocenters. The number of guanidine groups is 1. The van der Waals surface area contributed by atoms with Gasteiger partial charge in [0.15, 0.2) is 5.96 Å². The second-order valence-corrected chi connectivity index (χ2v) is 5.10. The van der Waals surface area contributed by atoms with E-state index in [4.69, 9.17) is 5.26 Å². The molecular weight excluding hydrogens is 437 g/mol. The summed E-state index contributed by atoms with van der Waals surface area (Å²) in [7, 11) is 0. The highest BCUT2D eigenvalue weighted by atomic mass is 127. The zero-order chi connectivity index (χ0) is 17.4. The lowest BCUT2D eigenvalue weighted by molar-refractivity contribution is 0.604. The summed E-state index contributed by atoms with van der Waals surface area (Å²) in [6.45, 7) is 3.04. The van der Waals surface area contributed by atoms with Crippen LogP contribution in [0.2, 0.25) is 0 Å². The highest BCUT2D eigenvalue weighted by Gasteiger charge is 2.05. The molecule has 0 saturated heterocycles. The molecule has 25 heavy (non-hydrogen) atoms. The van der Waals surface area contributed by atoms with Crippen LogP contribution in [-0.4, -0.2) is 12.5 Å². The highest BCUT2D eigenvalue weighted by molar-refractivity contribution is 14.0. The van der Waals surface area contributed by atoms with Crippen molar-refractivity contribution in [3.05, 3.63) is 70.8 Å². The van der Waals surface area contributed by atoms with Gasteiger partial charge in [0.1, 0.15) is 11.6 Å². The lowest BCUT2D eigenvalue weighted by Gasteiger charge is -2.12. The van der Waals surface area contributed by atoms with Crippen molar-refractivity contribution in [3.63, 3.8) is 0 Å². The highest BCUT2D eigenvalue weighted by Crippen LogP contribution is 2.10. The quantitative estimate of drug-likeness (QED) is 0.410. The van der Waals surface area contributed by atoms with Crippen molar-refractivity contribution >= 4 is 29.9 Å². The summed E-state index contributed by atoms with van der Waals surface area (Å²) in [6, 6.07) is 12.4. The van der Waals surface area contributed by atoms with Crippen molar-refractivity contribution in [1.29, 1.82) is 5.26 Å². The maximum Gasteiger partial charge on any atom is 0.191 e. The van der Waals surface area contributed by atoms with Gasteiger partial charge < -0.3 is 10.6 Å². The average Bonchev–Trinajstić information content (AvgIpc) is 2.58. The van der Waals surface area contributed by atoms with Crippen molar-refractivity contribution in [3.8, 4) is 6.07 Å². The predicted molar refractivity (Wildman–Crippen MR) is 105 cm³/mol. The topological polar surface area (TPSA) is 60.2 Å². The molecule has 0 amide bonds. The summed E-state index contributed by atoms with van der Waals surface area (Å²) in [4.78, 5) is 4.35. The molecule has 0 aliphatic rings. The molecular formula is C18H19F2IN4. The van der Waals surface area contributed by atoms with Gasteiger partial charge in [-0.2, -0.15) is 5.26 Å². The Labute approximate surface area is 163 Å². The second kappa shape index (κ2) is 10.6. The maximum atomic E-state index is 13.8. The molecule has 0 fully saturated rings. The van der Waals surface area contributed by atoms with E-state index in [0.717, 1.165) is 5.56 Å². The van der Waals surface area contributed by atoms with E-state index in [0.29, 0.717) is 30.2 Å². The number of nitriles is 1. The molecule has 0 bridgehead atoms. The van der Waals surface area contributed by atoms with Crippen LogP contribution in [0.3, 0.4) is 0 Å². The Morgan fingerprint density at radius 2 is 1.96 bits per heavy atom. The Bertz CT molecular complexity index is 772. The summed E-state index contributed by atoms with van der Waals surface area (Å²) < 4.78 is 27.0. The molecule has 0 unspecified atom stereocenters. The van der Waals surface area contributed by atoms with Crippen molar-refractivity contribution in [1.82, 2.24) is 10.6 Å². The zero-order valence-corrected chi connectivity index (χ0v) is 16.1. The number of halogens is 3. The van der Waals surface area contributed by atoms with Gasteiger partial charge in [-0.1, -0.05) is 12.1 Å². The average molecular weight is 456 g/mol. The van der Waals surface area contributed by atoms with Gasteiger partial charge in [0.2, 0.25) is 0 Å². The van der Waals surface area contributed by atoms with E-state index in [-0.39, 0.29) is 42.2 Å². The van der Waals surface area contributed by atoms with E-state index in [1.54, 1.807) is 12.1 Å². The number of benzene rings is 2. The van der Waals surface area contributed by atoms with Gasteiger partial charge in [-0.15, -0.1) is 24.0 Å². The van der Waals surface area contributed by atoms with E-state index < -0.39 is 0 Å². The van der Waals surface area contributed by atoms with Crippen LogP contribution < -0.4 is 10.6 Å². The number of hydrogen-bond donors (Lipinski definition) is 2. The fourth-order valence-electron chi connectivity index (χ4n) is 2.11. The Balaban J connectivity index is 0.00000312. The van der Waals surface area contributed by atoms with E-state index in [9.17, 15) is 8.78 Å². The van der Waals surface area contributed by atoms with Gasteiger partial charge in [0.25, 0.3) is 0 Å². The van der Waals surface area contributed by atoms with Crippen molar-refractivity contribution in [2.75, 3.05) is 6.54 Å². The number of nitrogens with one attached hydrogen (secondary N) is 2. The van der Waals surface area contributed by atoms with Gasteiger partial charge >= 0.3 is 0 Å². The molecule has 4 nitrogen and oxygen atoms in total. The predicted octanol–water partition coefficient (Wildman–Crippen LogP) is 3.71. The molecule has 0 aliphatic heterocycles. The molecule has 0 saturated carbocycles. The van der Waals surface area contributed by atoms with Crippen LogP contribution in [0, 0.1) is 23.0 Å². The van der Waals surface area contributed by atoms with Gasteiger partial charge in [0.05, 0.1) is 18.2 Å². The van der Waals surface area contributed by atoms with Crippen LogP contribution >= 0.6 is 24.0 Å². The van der Waals surface area contributed by atoms with Crippen molar-refractivity contribution in [2.45, 2.75) is 20.0 Å². The molecule has 0 aromatic heterocycles. The molecule has 132 valence electrons. The zero-order valence-electron chi connectivity index (χ0n) is 13.7. The third-order valence-electron chi connectivity index (χ3n) is 3.27. The van der Waals surface area contributed by atoms with Crippen LogP contribution in [0.5, 0.6) is 0 Å². The molecule has 2 N–H and O–H groups in total. The molecule has 2 aromatic rings. The minimum atomic E-state index is -0.387. The van der Waals surface area contributed by atoms with Crippen LogP contribution in [0.25, 0.3) is 0 Å². The standard InChI is InChI=1S/C18H18F2N4.HI/c1-2-22-18(23-11-14-4-3-5-16(19)9-14)24-12-15-8-13(10-21)6-7-17(15)20;/h3-9H,2,11-12H2,1H3,(H2,22,23,24);1H. The summed E-state index contributed by atoms with van der Waals surface area (Å²) in [5, 5.41) is 14.9. The lowest BCUT2D eigenvalue weighted by atomic mass is 10.1. The first-order chi connectivity index (χ1) is 11.6. The normalized spacial score (nSPS) is 10.6. The van der Waals surface area contributed by atoms with Crippen LogP contribution in [0.4, 0.5) is 8.78 Å². The Morgan fingerprint density at radius 3 is 2.64 bits per heavy atom. The summed E-state index contributed by atoms with van der Waals surface area (Å²) in [5.41, 5.74) is 1.52. The Morgan fingerprint density at radius 1 is 1.16 bits per heavy atom. The first-order valence-electron chi connectivity index (χ1n) is 7.57. The third kappa shape index (κ3) is 6.66. The van der Waals surface area contributed by atoms with Gasteiger partial charge in [-0.3, -0.25) is 0 Å². The molecule has 0 heterocycles. The third-order valence-corrected chi connectivity index (χ3v) is 3.27. The SMILES string of the molecule is CCNC(=NCc1cccc(F)c1)NCc1cc(C#N)ccc1F.I. The largest absolute Gasteiger partial charge is 0.357 e. The van der Waals surface area contributed by atoms with E-state index in [1.165, 1.54) is 30.3 Å². The Hall–Kier alpha value is -2.21. The van der Waals surface area contributed by atoms with Crippen LogP contribution in [0.15, 0.2) is 47.5 Å². The molecule has 0 radical (unpaired) electrons. The van der Waals surface area contributed by atoms with Gasteiger partial charge in [0, 0.05) is 18.7 Å². The van der Waals surface area contributed by atoms with Gasteiger partial charge in [-0.05, 0) is 42.8 Å². The smallest absolute Gasteiger partial charge is 0.191 e. The Kier molecular flexibility index (Phi) is 8.84. The first-order valence-corrected chi connectivity index (χ1v) is 7.57. The fraction of sp³-hybridized carbons (Fsp3) is 0.222. The molecule has 7 heteroatoms. The summed E-state index contributed by atoms with van der Waals surface area (Å²) >= 11 is 0. The first kappa shape index (κ1) is 20.8. The number of nitrogens with zero attached hydrogens (tertiary/aromatic N) is 2. The van der Waals surface area contributed by atoms with Crippen molar-refractivity contribution < 1.29 is 8.78 Å². The number of aliphatic imine (C=N–C) groups is 1. The molecule has 0 spiro atoms. The number of rotatable bonds is 5. The maximum absolute atomic E-state index is 13.8. The van der Waals surface area contributed by atoms with Gasteiger partial charge in [-0.25, -0.2) is 13.8 Å². The molecule has 0 aliphatic carbocycles. The minimum absolute atomic E-state index is 0. The second-order valence-electron chi connectivity index (χ2n) is 5.10. The van der Waals surface area contributed by atoms with E-state index in [2.05, 4.69) is 15.6 Å². The summed E-state index contributed by atoms with van der Waals surface area (Å²) in [5.74, 6) is -0.206. The van der Waals surface area contributed by atoms with E-state index >= 15 is 0 Å². The molecule has 2 aromatic carbocycles. The number of hydrogen-bond acceptors (Lipinski definition) is 2. The van der Waals surface area contributed by atoms with Crippen molar-refractivity contribution in [2.24, 2.45) is 4.99 Å². The monoisotopic (exact) mass is 456 g/mol. The molecule has 2 rings (SSSR count). The van der Waals surface area contributed by atoms with Crippen LogP contribution in [-0.2, 0) is 13.1 Å². The lowest BCUT2D eigenvalue weighted by Crippen LogP contribution is -2.37. The van der Waals surface area contributed by atoms with Crippen LogP contribution in [0.1, 0.15) is 23.6 Å². The summed E-state index contributed by atoms with van der Waals surface area (Å²) in [6.07, 6.45) is 0. The fourth-order valence-corrected chi connectivity index (χ4v) is 2.11. The van der Waals surface area contributed by atoms with E-state index in [1.807, 2.05) is 13.0 Å². The minimum Gasteiger partial charge on any atom is -0.357 e.